The van der Waals surface area contributed by atoms with Gasteiger partial charge in [0.25, 0.3) is 5.91 Å². The average Bonchev–Trinajstić information content (AvgIpc) is 3.22. The molecule has 3 heterocycles. The van der Waals surface area contributed by atoms with Crippen LogP contribution in [-0.4, -0.2) is 36.9 Å². The summed E-state index contributed by atoms with van der Waals surface area (Å²) in [5, 5.41) is 13.8. The molecule has 10 nitrogen and oxygen atoms in total. The predicted molar refractivity (Wildman–Crippen MR) is 76.1 cm³/mol. The Labute approximate surface area is 129 Å². The molecular formula is C13H14N6O4. The molecule has 0 radical (unpaired) electrons. The van der Waals surface area contributed by atoms with Gasteiger partial charge in [0.15, 0.2) is 0 Å². The first-order valence-electron chi connectivity index (χ1n) is 6.85. The smallest absolute Gasteiger partial charge is 0.371 e. The number of tetrazole rings is 1. The van der Waals surface area contributed by atoms with Crippen LogP contribution in [-0.2, 0) is 6.54 Å². The Morgan fingerprint density at radius 2 is 2.26 bits per heavy atom. The summed E-state index contributed by atoms with van der Waals surface area (Å²) in [4.78, 5) is 24.1. The van der Waals surface area contributed by atoms with E-state index in [2.05, 4.69) is 20.9 Å². The van der Waals surface area contributed by atoms with Crippen molar-refractivity contribution in [3.8, 4) is 5.88 Å². The molecule has 3 aromatic heterocycles. The van der Waals surface area contributed by atoms with Gasteiger partial charge in [-0.1, -0.05) is 5.16 Å². The van der Waals surface area contributed by atoms with Gasteiger partial charge in [0.2, 0.25) is 11.6 Å². The zero-order valence-corrected chi connectivity index (χ0v) is 12.5. The van der Waals surface area contributed by atoms with Crippen LogP contribution in [0.3, 0.4) is 0 Å². The number of aromatic nitrogens is 5. The van der Waals surface area contributed by atoms with Gasteiger partial charge in [-0.25, -0.2) is 4.79 Å². The summed E-state index contributed by atoms with van der Waals surface area (Å²) in [6.45, 7) is 3.61. The van der Waals surface area contributed by atoms with Crippen molar-refractivity contribution in [3.05, 3.63) is 46.4 Å². The summed E-state index contributed by atoms with van der Waals surface area (Å²) < 4.78 is 12.2. The number of rotatable bonds is 5. The van der Waals surface area contributed by atoms with E-state index in [1.54, 1.807) is 26.0 Å². The second-order valence-corrected chi connectivity index (χ2v) is 5.01. The molecule has 3 rings (SSSR count). The SMILES string of the molecule is Cc1cc(C(=O)N[C@@H](C)Cn2nnn(-c3ccco3)c2=O)on1. The number of aryl methyl sites for hydroxylation is 1. The van der Waals surface area contributed by atoms with Gasteiger partial charge in [0, 0.05) is 18.2 Å². The number of furan rings is 1. The number of nitrogens with zero attached hydrogens (tertiary/aromatic N) is 5. The summed E-state index contributed by atoms with van der Waals surface area (Å²) in [5.41, 5.74) is 0.150. The maximum absolute atomic E-state index is 12.2. The van der Waals surface area contributed by atoms with Gasteiger partial charge in [-0.2, -0.15) is 4.68 Å². The topological polar surface area (TPSA) is 121 Å². The summed E-state index contributed by atoms with van der Waals surface area (Å²) in [5.74, 6) is -0.0272. The minimum absolute atomic E-state index is 0.112. The normalized spacial score (nSPS) is 12.3. The monoisotopic (exact) mass is 318 g/mol. The average molecular weight is 318 g/mol. The molecule has 0 aliphatic heterocycles. The molecule has 120 valence electrons. The molecule has 0 aliphatic rings. The van der Waals surface area contributed by atoms with Crippen LogP contribution in [0.25, 0.3) is 5.88 Å². The fourth-order valence-corrected chi connectivity index (χ4v) is 1.99. The Bertz CT molecular complexity index is 859. The number of nitrogens with one attached hydrogen (secondary N) is 1. The van der Waals surface area contributed by atoms with Crippen molar-refractivity contribution in [2.75, 3.05) is 0 Å². The molecule has 1 amide bonds. The lowest BCUT2D eigenvalue weighted by Crippen LogP contribution is -2.38. The first kappa shape index (κ1) is 14.8. The maximum atomic E-state index is 12.2. The molecule has 0 fully saturated rings. The Balaban J connectivity index is 1.68. The highest BCUT2D eigenvalue weighted by molar-refractivity contribution is 5.91. The Morgan fingerprint density at radius 1 is 1.43 bits per heavy atom. The summed E-state index contributed by atoms with van der Waals surface area (Å²) >= 11 is 0. The van der Waals surface area contributed by atoms with Crippen molar-refractivity contribution in [2.45, 2.75) is 26.4 Å². The molecule has 0 unspecified atom stereocenters. The molecule has 0 saturated carbocycles. The van der Waals surface area contributed by atoms with Gasteiger partial charge in [-0.3, -0.25) is 4.79 Å². The minimum atomic E-state index is -0.462. The lowest BCUT2D eigenvalue weighted by atomic mass is 10.3. The summed E-state index contributed by atoms with van der Waals surface area (Å²) in [7, 11) is 0. The fourth-order valence-electron chi connectivity index (χ4n) is 1.99. The highest BCUT2D eigenvalue weighted by Crippen LogP contribution is 2.03. The lowest BCUT2D eigenvalue weighted by molar-refractivity contribution is 0.0898. The number of hydrogen-bond acceptors (Lipinski definition) is 7. The van der Waals surface area contributed by atoms with Gasteiger partial charge in [0.1, 0.15) is 0 Å². The molecular weight excluding hydrogens is 304 g/mol. The van der Waals surface area contributed by atoms with Crippen LogP contribution in [0.4, 0.5) is 0 Å². The van der Waals surface area contributed by atoms with Gasteiger partial charge in [0.05, 0.1) is 18.5 Å². The standard InChI is InChI=1S/C13H14N6O4/c1-8-6-10(23-15-8)12(20)14-9(2)7-18-13(21)19(17-16-18)11-4-3-5-22-11/h3-6,9H,7H2,1-2H3,(H,14,20)/t9-/m0/s1. The van der Waals surface area contributed by atoms with Crippen molar-refractivity contribution in [1.82, 2.24) is 30.3 Å². The minimum Gasteiger partial charge on any atom is -0.446 e. The van der Waals surface area contributed by atoms with Gasteiger partial charge >= 0.3 is 5.69 Å². The first-order chi connectivity index (χ1) is 11.0. The summed E-state index contributed by atoms with van der Waals surface area (Å²) in [6.07, 6.45) is 1.43. The quantitative estimate of drug-likeness (QED) is 0.710. The molecule has 0 saturated heterocycles. The van der Waals surface area contributed by atoms with Crippen molar-refractivity contribution < 1.29 is 13.7 Å². The molecule has 3 aromatic rings. The Morgan fingerprint density at radius 3 is 2.91 bits per heavy atom. The van der Waals surface area contributed by atoms with Crippen molar-refractivity contribution >= 4 is 5.91 Å². The van der Waals surface area contributed by atoms with Gasteiger partial charge < -0.3 is 14.3 Å². The van der Waals surface area contributed by atoms with E-state index in [0.29, 0.717) is 5.69 Å². The molecule has 0 aromatic carbocycles. The largest absolute Gasteiger partial charge is 0.446 e. The highest BCUT2D eigenvalue weighted by Gasteiger charge is 2.17. The molecule has 0 bridgehead atoms. The van der Waals surface area contributed by atoms with Crippen molar-refractivity contribution in [1.29, 1.82) is 0 Å². The van der Waals surface area contributed by atoms with Crippen LogP contribution < -0.4 is 11.0 Å². The van der Waals surface area contributed by atoms with Crippen LogP contribution >= 0.6 is 0 Å². The second-order valence-electron chi connectivity index (χ2n) is 5.01. The first-order valence-corrected chi connectivity index (χ1v) is 6.85. The van der Waals surface area contributed by atoms with E-state index < -0.39 is 11.6 Å². The van der Waals surface area contributed by atoms with Gasteiger partial charge in [-0.05, 0) is 30.3 Å². The van der Waals surface area contributed by atoms with E-state index in [-0.39, 0.29) is 24.2 Å². The third-order valence-corrected chi connectivity index (χ3v) is 3.03. The second kappa shape index (κ2) is 5.91. The third-order valence-electron chi connectivity index (χ3n) is 3.03. The Hall–Kier alpha value is -3.17. The van der Waals surface area contributed by atoms with E-state index in [4.69, 9.17) is 8.94 Å². The lowest BCUT2D eigenvalue weighted by Gasteiger charge is -2.11. The van der Waals surface area contributed by atoms with Gasteiger partial charge in [-0.15, -0.1) is 4.68 Å². The number of carbonyl (C=O) groups excluding carboxylic acids is 1. The predicted octanol–water partition coefficient (Wildman–Crippen LogP) is 0.137. The van der Waals surface area contributed by atoms with Crippen LogP contribution in [0.15, 0.2) is 38.2 Å². The van der Waals surface area contributed by atoms with Crippen LogP contribution in [0.2, 0.25) is 0 Å². The van der Waals surface area contributed by atoms with E-state index in [0.717, 1.165) is 9.36 Å². The van der Waals surface area contributed by atoms with Crippen molar-refractivity contribution in [2.24, 2.45) is 0 Å². The van der Waals surface area contributed by atoms with Crippen LogP contribution in [0.5, 0.6) is 0 Å². The van der Waals surface area contributed by atoms with Crippen LogP contribution in [0, 0.1) is 6.92 Å². The van der Waals surface area contributed by atoms with Crippen LogP contribution in [0.1, 0.15) is 23.2 Å². The molecule has 23 heavy (non-hydrogen) atoms. The number of amides is 1. The Kier molecular flexibility index (Phi) is 3.79. The van der Waals surface area contributed by atoms with Crippen molar-refractivity contribution in [3.63, 3.8) is 0 Å². The summed E-state index contributed by atoms with van der Waals surface area (Å²) in [6, 6.07) is 4.40. The third kappa shape index (κ3) is 3.05. The van der Waals surface area contributed by atoms with E-state index in [1.807, 2.05) is 0 Å². The maximum Gasteiger partial charge on any atom is 0.371 e. The molecule has 1 N–H and O–H groups in total. The van der Waals surface area contributed by atoms with E-state index in [1.165, 1.54) is 12.3 Å². The molecule has 10 heteroatoms. The zero-order valence-electron chi connectivity index (χ0n) is 12.5. The van der Waals surface area contributed by atoms with E-state index >= 15 is 0 Å². The molecule has 0 aliphatic carbocycles. The fraction of sp³-hybridized carbons (Fsp3) is 0.308. The zero-order chi connectivity index (χ0) is 16.4. The van der Waals surface area contributed by atoms with E-state index in [9.17, 15) is 9.59 Å². The molecule has 0 spiro atoms. The molecule has 1 atom stereocenters. The number of carbonyl (C=O) groups is 1. The highest BCUT2D eigenvalue weighted by atomic mass is 16.5. The number of hydrogen-bond donors (Lipinski definition) is 1.